The summed E-state index contributed by atoms with van der Waals surface area (Å²) in [7, 11) is 4.04. The third-order valence-corrected chi connectivity index (χ3v) is 6.79. The van der Waals surface area contributed by atoms with E-state index in [4.69, 9.17) is 4.74 Å². The molecule has 0 unspecified atom stereocenters. The summed E-state index contributed by atoms with van der Waals surface area (Å²) in [5.74, 6) is 1.81. The summed E-state index contributed by atoms with van der Waals surface area (Å²) < 4.78 is 5.47. The van der Waals surface area contributed by atoms with Crippen LogP contribution in [0.1, 0.15) is 30.4 Å². The highest BCUT2D eigenvalue weighted by Gasteiger charge is 2.19. The van der Waals surface area contributed by atoms with E-state index >= 15 is 0 Å². The second-order valence-corrected chi connectivity index (χ2v) is 8.79. The van der Waals surface area contributed by atoms with Crippen molar-refractivity contribution in [1.29, 1.82) is 0 Å². The van der Waals surface area contributed by atoms with E-state index in [9.17, 15) is 0 Å². The Labute approximate surface area is 206 Å². The molecule has 0 bridgehead atoms. The van der Waals surface area contributed by atoms with Gasteiger partial charge in [0.25, 0.3) is 0 Å². The predicted molar refractivity (Wildman–Crippen MR) is 142 cm³/mol. The van der Waals surface area contributed by atoms with Gasteiger partial charge >= 0.3 is 0 Å². The van der Waals surface area contributed by atoms with E-state index < -0.39 is 0 Å². The maximum Gasteiger partial charge on any atom is 0.193 e. The normalized spacial score (nSPS) is 18.6. The van der Waals surface area contributed by atoms with Crippen molar-refractivity contribution in [2.45, 2.75) is 33.1 Å². The third kappa shape index (κ3) is 7.79. The smallest absolute Gasteiger partial charge is 0.193 e. The molecule has 0 aromatic heterocycles. The van der Waals surface area contributed by atoms with Gasteiger partial charge in [-0.3, -0.25) is 9.89 Å². The van der Waals surface area contributed by atoms with Crippen LogP contribution in [0.5, 0.6) is 0 Å². The largest absolute Gasteiger partial charge is 0.381 e. The summed E-state index contributed by atoms with van der Waals surface area (Å²) in [6.45, 7) is 13.8. The summed E-state index contributed by atoms with van der Waals surface area (Å²) in [4.78, 5) is 11.9. The van der Waals surface area contributed by atoms with E-state index in [2.05, 4.69) is 64.1 Å². The number of hydrogen-bond donors (Lipinski definition) is 1. The fourth-order valence-corrected chi connectivity index (χ4v) is 4.52. The van der Waals surface area contributed by atoms with Gasteiger partial charge in [-0.05, 0) is 56.2 Å². The fourth-order valence-electron chi connectivity index (χ4n) is 4.52. The maximum atomic E-state index is 5.47. The maximum absolute atomic E-state index is 5.47. The average molecular weight is 544 g/mol. The number of nitrogens with one attached hydrogen (secondary N) is 1. The van der Waals surface area contributed by atoms with Crippen LogP contribution < -0.4 is 10.2 Å². The van der Waals surface area contributed by atoms with Gasteiger partial charge in [0.05, 0.1) is 0 Å². The Kier molecular flexibility index (Phi) is 11.4. The highest BCUT2D eigenvalue weighted by molar-refractivity contribution is 14.0. The molecule has 0 atom stereocenters. The van der Waals surface area contributed by atoms with Crippen molar-refractivity contribution < 1.29 is 4.74 Å². The Bertz CT molecular complexity index is 685. The van der Waals surface area contributed by atoms with Crippen molar-refractivity contribution in [1.82, 2.24) is 15.1 Å². The summed E-state index contributed by atoms with van der Waals surface area (Å²) in [6.07, 6.45) is 3.63. The molecule has 2 saturated heterocycles. The first kappa shape index (κ1) is 26.2. The molecule has 6 nitrogen and oxygen atoms in total. The topological polar surface area (TPSA) is 43.3 Å². The monoisotopic (exact) mass is 543 g/mol. The number of piperazine rings is 1. The zero-order valence-electron chi connectivity index (χ0n) is 19.9. The van der Waals surface area contributed by atoms with E-state index in [1.807, 2.05) is 7.05 Å². The summed E-state index contributed by atoms with van der Waals surface area (Å²) in [5.41, 5.74) is 4.20. The molecule has 31 heavy (non-hydrogen) atoms. The van der Waals surface area contributed by atoms with Gasteiger partial charge in [0.15, 0.2) is 5.96 Å². The molecule has 2 aliphatic heterocycles. The number of aliphatic imine (C=N–C) groups is 1. The van der Waals surface area contributed by atoms with Crippen molar-refractivity contribution in [2.24, 2.45) is 10.9 Å². The minimum Gasteiger partial charge on any atom is -0.381 e. The van der Waals surface area contributed by atoms with Gasteiger partial charge in [-0.2, -0.15) is 0 Å². The van der Waals surface area contributed by atoms with E-state index in [0.29, 0.717) is 0 Å². The first-order chi connectivity index (χ1) is 14.6. The SMILES string of the molecule is CN=C(NCCN1CCN(c2cccc(C)c2C)CC1)N(C)CCC1CCOCC1.I. The Hall–Kier alpha value is -1.06. The number of benzene rings is 1. The molecule has 0 spiro atoms. The third-order valence-electron chi connectivity index (χ3n) is 6.79. The van der Waals surface area contributed by atoms with Gasteiger partial charge in [0, 0.05) is 78.8 Å². The lowest BCUT2D eigenvalue weighted by Crippen LogP contribution is -2.49. The van der Waals surface area contributed by atoms with Gasteiger partial charge in [0.1, 0.15) is 0 Å². The lowest BCUT2D eigenvalue weighted by Gasteiger charge is -2.37. The number of hydrogen-bond acceptors (Lipinski definition) is 4. The number of halogens is 1. The Balaban J connectivity index is 0.00000341. The quantitative estimate of drug-likeness (QED) is 0.325. The minimum atomic E-state index is 0. The summed E-state index contributed by atoms with van der Waals surface area (Å²) in [5, 5.41) is 3.56. The first-order valence-electron chi connectivity index (χ1n) is 11.6. The second-order valence-electron chi connectivity index (χ2n) is 8.79. The van der Waals surface area contributed by atoms with Crippen molar-refractivity contribution in [3.8, 4) is 0 Å². The molecular weight excluding hydrogens is 501 g/mol. The number of ether oxygens (including phenoxy) is 1. The molecule has 2 heterocycles. The van der Waals surface area contributed by atoms with Gasteiger partial charge in [0.2, 0.25) is 0 Å². The molecule has 1 aromatic carbocycles. The molecule has 0 saturated carbocycles. The van der Waals surface area contributed by atoms with Crippen LogP contribution in [-0.4, -0.2) is 88.9 Å². The number of aryl methyl sites for hydroxylation is 1. The van der Waals surface area contributed by atoms with E-state index in [1.54, 1.807) is 0 Å². The van der Waals surface area contributed by atoms with Crippen LogP contribution in [0.2, 0.25) is 0 Å². The molecule has 1 aromatic rings. The number of nitrogens with zero attached hydrogens (tertiary/aromatic N) is 4. The molecule has 0 radical (unpaired) electrons. The molecule has 2 fully saturated rings. The zero-order valence-corrected chi connectivity index (χ0v) is 22.2. The van der Waals surface area contributed by atoms with Crippen LogP contribution in [-0.2, 0) is 4.74 Å². The zero-order chi connectivity index (χ0) is 21.3. The van der Waals surface area contributed by atoms with E-state index in [-0.39, 0.29) is 24.0 Å². The Morgan fingerprint density at radius 2 is 1.87 bits per heavy atom. The Morgan fingerprint density at radius 1 is 1.16 bits per heavy atom. The Morgan fingerprint density at radius 3 is 2.55 bits per heavy atom. The molecular formula is C24H42IN5O. The lowest BCUT2D eigenvalue weighted by molar-refractivity contribution is 0.0625. The standard InChI is InChI=1S/C24H41N5O.HI/c1-20-6-5-7-23(21(20)2)29-16-14-28(15-17-29)13-11-26-24(25-3)27(4)12-8-22-9-18-30-19-10-22;/h5-7,22H,8-19H2,1-4H3,(H,25,26);1H. The molecule has 0 amide bonds. The predicted octanol–water partition coefficient (Wildman–Crippen LogP) is 3.37. The van der Waals surface area contributed by atoms with E-state index in [0.717, 1.165) is 70.9 Å². The second kappa shape index (κ2) is 13.5. The molecule has 176 valence electrons. The van der Waals surface area contributed by atoms with Crippen LogP contribution in [0.4, 0.5) is 5.69 Å². The van der Waals surface area contributed by atoms with Crippen LogP contribution in [0.25, 0.3) is 0 Å². The van der Waals surface area contributed by atoms with Crippen molar-refractivity contribution in [3.63, 3.8) is 0 Å². The lowest BCUT2D eigenvalue weighted by atomic mass is 9.96. The van der Waals surface area contributed by atoms with Crippen LogP contribution >= 0.6 is 24.0 Å². The van der Waals surface area contributed by atoms with Gasteiger partial charge in [-0.25, -0.2) is 0 Å². The highest BCUT2D eigenvalue weighted by atomic mass is 127. The molecule has 2 aliphatic rings. The van der Waals surface area contributed by atoms with Gasteiger partial charge in [-0.1, -0.05) is 12.1 Å². The summed E-state index contributed by atoms with van der Waals surface area (Å²) >= 11 is 0. The van der Waals surface area contributed by atoms with Crippen LogP contribution in [0.15, 0.2) is 23.2 Å². The van der Waals surface area contributed by atoms with Crippen molar-refractivity contribution >= 4 is 35.6 Å². The average Bonchev–Trinajstić information content (AvgIpc) is 2.78. The molecule has 1 N–H and O–H groups in total. The highest BCUT2D eigenvalue weighted by Crippen LogP contribution is 2.23. The summed E-state index contributed by atoms with van der Waals surface area (Å²) in [6, 6.07) is 6.64. The number of anilines is 1. The number of rotatable bonds is 7. The fraction of sp³-hybridized carbons (Fsp3) is 0.708. The first-order valence-corrected chi connectivity index (χ1v) is 11.6. The molecule has 0 aliphatic carbocycles. The van der Waals surface area contributed by atoms with Gasteiger partial charge in [-0.15, -0.1) is 24.0 Å². The van der Waals surface area contributed by atoms with Crippen LogP contribution in [0.3, 0.4) is 0 Å². The molecule has 3 rings (SSSR count). The minimum absolute atomic E-state index is 0. The van der Waals surface area contributed by atoms with E-state index in [1.165, 1.54) is 36.1 Å². The van der Waals surface area contributed by atoms with Crippen LogP contribution in [0, 0.1) is 19.8 Å². The van der Waals surface area contributed by atoms with Gasteiger partial charge < -0.3 is 19.9 Å². The van der Waals surface area contributed by atoms with Crippen molar-refractivity contribution in [2.75, 3.05) is 78.0 Å². The number of guanidine groups is 1. The van der Waals surface area contributed by atoms with Crippen molar-refractivity contribution in [3.05, 3.63) is 29.3 Å². The molecule has 7 heteroatoms.